The van der Waals surface area contributed by atoms with Crippen molar-refractivity contribution in [1.82, 2.24) is 10.2 Å². The summed E-state index contributed by atoms with van der Waals surface area (Å²) < 4.78 is 5.07. The molecule has 0 heterocycles. The molecule has 24 heavy (non-hydrogen) atoms. The molecule has 0 bridgehead atoms. The van der Waals surface area contributed by atoms with Crippen LogP contribution in [0.15, 0.2) is 42.5 Å². The largest absolute Gasteiger partial charge is 0.504 e. The topological polar surface area (TPSA) is 61.8 Å². The van der Waals surface area contributed by atoms with Crippen molar-refractivity contribution in [3.8, 4) is 11.5 Å². The summed E-state index contributed by atoms with van der Waals surface area (Å²) in [6.45, 7) is 0.965. The Morgan fingerprint density at radius 1 is 1.21 bits per heavy atom. The molecule has 0 radical (unpaired) electrons. The molecule has 0 fully saturated rings. The molecule has 0 aromatic heterocycles. The highest BCUT2D eigenvalue weighted by molar-refractivity contribution is 6.30. The quantitative estimate of drug-likeness (QED) is 0.840. The van der Waals surface area contributed by atoms with E-state index in [4.69, 9.17) is 16.3 Å². The van der Waals surface area contributed by atoms with Crippen molar-refractivity contribution in [2.45, 2.75) is 13.0 Å². The average molecular weight is 349 g/mol. The number of carbonyl (C=O) groups excluding carboxylic acids is 1. The first-order chi connectivity index (χ1) is 11.5. The van der Waals surface area contributed by atoms with Gasteiger partial charge < -0.3 is 20.1 Å². The number of hydrogen-bond acceptors (Lipinski definition) is 3. The number of rotatable bonds is 6. The Labute approximate surface area is 146 Å². The van der Waals surface area contributed by atoms with Crippen LogP contribution in [0.5, 0.6) is 11.5 Å². The summed E-state index contributed by atoms with van der Waals surface area (Å²) in [6.07, 6.45) is 0.740. The number of nitrogens with one attached hydrogen (secondary N) is 1. The van der Waals surface area contributed by atoms with E-state index >= 15 is 0 Å². The van der Waals surface area contributed by atoms with Crippen molar-refractivity contribution in [2.75, 3.05) is 20.7 Å². The lowest BCUT2D eigenvalue weighted by Crippen LogP contribution is -2.37. The van der Waals surface area contributed by atoms with Crippen molar-refractivity contribution < 1.29 is 14.6 Å². The predicted octanol–water partition coefficient (Wildman–Crippen LogP) is 3.44. The van der Waals surface area contributed by atoms with Crippen LogP contribution in [0.2, 0.25) is 5.02 Å². The maximum atomic E-state index is 12.1. The highest BCUT2D eigenvalue weighted by Crippen LogP contribution is 2.26. The molecule has 0 saturated carbocycles. The van der Waals surface area contributed by atoms with Crippen molar-refractivity contribution in [3.05, 3.63) is 58.6 Å². The highest BCUT2D eigenvalue weighted by Gasteiger charge is 2.10. The van der Waals surface area contributed by atoms with E-state index in [0.29, 0.717) is 23.9 Å². The Balaban J connectivity index is 1.82. The van der Waals surface area contributed by atoms with Gasteiger partial charge >= 0.3 is 6.03 Å². The standard InChI is InChI=1S/C18H21ClN2O3/c1-21(12-14-5-8-16(22)17(11-14)24-2)18(23)20-10-9-13-3-6-15(19)7-4-13/h3-8,11,22H,9-10,12H2,1-2H3,(H,20,23). The van der Waals surface area contributed by atoms with Gasteiger partial charge in [-0.05, 0) is 41.8 Å². The van der Waals surface area contributed by atoms with Gasteiger partial charge in [0, 0.05) is 25.2 Å². The van der Waals surface area contributed by atoms with Crippen LogP contribution in [-0.2, 0) is 13.0 Å². The van der Waals surface area contributed by atoms with Crippen molar-refractivity contribution in [3.63, 3.8) is 0 Å². The number of phenolic OH excluding ortho intramolecular Hbond substituents is 1. The number of carbonyl (C=O) groups is 1. The third-order valence-electron chi connectivity index (χ3n) is 3.61. The normalized spacial score (nSPS) is 10.3. The summed E-state index contributed by atoms with van der Waals surface area (Å²) in [7, 11) is 3.21. The molecule has 2 aromatic rings. The molecular formula is C18H21ClN2O3. The molecule has 2 N–H and O–H groups in total. The Morgan fingerprint density at radius 3 is 2.54 bits per heavy atom. The van der Waals surface area contributed by atoms with Gasteiger partial charge in [-0.25, -0.2) is 4.79 Å². The van der Waals surface area contributed by atoms with E-state index in [9.17, 15) is 9.90 Å². The fraction of sp³-hybridized carbons (Fsp3) is 0.278. The summed E-state index contributed by atoms with van der Waals surface area (Å²) in [6, 6.07) is 12.4. The zero-order valence-electron chi connectivity index (χ0n) is 13.8. The predicted molar refractivity (Wildman–Crippen MR) is 94.7 cm³/mol. The second-order valence-electron chi connectivity index (χ2n) is 5.47. The fourth-order valence-corrected chi connectivity index (χ4v) is 2.39. The molecule has 128 valence electrons. The first-order valence-electron chi connectivity index (χ1n) is 7.59. The van der Waals surface area contributed by atoms with Crippen LogP contribution in [0, 0.1) is 0 Å². The van der Waals surface area contributed by atoms with Crippen LogP contribution in [0.25, 0.3) is 0 Å². The minimum absolute atomic E-state index is 0.0799. The van der Waals surface area contributed by atoms with Crippen LogP contribution in [-0.4, -0.2) is 36.7 Å². The van der Waals surface area contributed by atoms with Crippen LogP contribution in [0.3, 0.4) is 0 Å². The summed E-state index contributed by atoms with van der Waals surface area (Å²) in [5.41, 5.74) is 1.99. The molecule has 0 saturated heterocycles. The lowest BCUT2D eigenvalue weighted by atomic mass is 10.1. The number of amides is 2. The molecule has 0 unspecified atom stereocenters. The average Bonchev–Trinajstić information content (AvgIpc) is 2.58. The number of ether oxygens (including phenoxy) is 1. The molecule has 6 heteroatoms. The number of nitrogens with zero attached hydrogens (tertiary/aromatic N) is 1. The second-order valence-corrected chi connectivity index (χ2v) is 5.91. The van der Waals surface area contributed by atoms with E-state index < -0.39 is 0 Å². The first kappa shape index (κ1) is 17.9. The third kappa shape index (κ3) is 5.06. The van der Waals surface area contributed by atoms with Crippen LogP contribution in [0.1, 0.15) is 11.1 Å². The van der Waals surface area contributed by atoms with E-state index in [1.54, 1.807) is 30.1 Å². The Kier molecular flexibility index (Phi) is 6.32. The lowest BCUT2D eigenvalue weighted by molar-refractivity contribution is 0.207. The van der Waals surface area contributed by atoms with E-state index in [1.807, 2.05) is 24.3 Å². The van der Waals surface area contributed by atoms with Gasteiger partial charge in [0.2, 0.25) is 0 Å². The third-order valence-corrected chi connectivity index (χ3v) is 3.87. The molecule has 0 aliphatic carbocycles. The summed E-state index contributed by atoms with van der Waals surface area (Å²) in [4.78, 5) is 13.7. The van der Waals surface area contributed by atoms with Gasteiger partial charge in [-0.3, -0.25) is 0 Å². The van der Waals surface area contributed by atoms with Gasteiger partial charge in [-0.1, -0.05) is 29.8 Å². The molecule has 2 aromatic carbocycles. The number of aromatic hydroxyl groups is 1. The number of halogens is 1. The van der Waals surface area contributed by atoms with Crippen LogP contribution < -0.4 is 10.1 Å². The first-order valence-corrected chi connectivity index (χ1v) is 7.96. The van der Waals surface area contributed by atoms with Gasteiger partial charge in [0.05, 0.1) is 7.11 Å². The zero-order chi connectivity index (χ0) is 17.5. The molecule has 0 spiro atoms. The van der Waals surface area contributed by atoms with Gasteiger partial charge in [-0.15, -0.1) is 0 Å². The Morgan fingerprint density at radius 2 is 1.88 bits per heavy atom. The number of urea groups is 1. The summed E-state index contributed by atoms with van der Waals surface area (Å²) >= 11 is 5.85. The maximum absolute atomic E-state index is 12.1. The number of methoxy groups -OCH3 is 1. The van der Waals surface area contributed by atoms with E-state index in [-0.39, 0.29) is 11.8 Å². The summed E-state index contributed by atoms with van der Waals surface area (Å²) in [5, 5.41) is 13.2. The lowest BCUT2D eigenvalue weighted by Gasteiger charge is -2.18. The number of hydrogen-bond donors (Lipinski definition) is 2. The van der Waals surface area contributed by atoms with Gasteiger partial charge in [0.15, 0.2) is 11.5 Å². The van der Waals surface area contributed by atoms with E-state index in [1.165, 1.54) is 7.11 Å². The summed E-state index contributed by atoms with van der Waals surface area (Å²) in [5.74, 6) is 0.473. The second kappa shape index (κ2) is 8.45. The molecule has 0 aliphatic rings. The highest BCUT2D eigenvalue weighted by atomic mass is 35.5. The van der Waals surface area contributed by atoms with Gasteiger partial charge in [0.1, 0.15) is 0 Å². The Bertz CT molecular complexity index is 689. The van der Waals surface area contributed by atoms with Gasteiger partial charge in [0.25, 0.3) is 0 Å². The van der Waals surface area contributed by atoms with E-state index in [2.05, 4.69) is 5.32 Å². The molecule has 5 nitrogen and oxygen atoms in total. The molecule has 2 rings (SSSR count). The van der Waals surface area contributed by atoms with Gasteiger partial charge in [-0.2, -0.15) is 0 Å². The molecule has 0 atom stereocenters. The van der Waals surface area contributed by atoms with Crippen molar-refractivity contribution in [1.29, 1.82) is 0 Å². The van der Waals surface area contributed by atoms with Crippen LogP contribution in [0.4, 0.5) is 4.79 Å². The fourth-order valence-electron chi connectivity index (χ4n) is 2.27. The SMILES string of the molecule is COc1cc(CN(C)C(=O)NCCc2ccc(Cl)cc2)ccc1O. The molecule has 2 amide bonds. The van der Waals surface area contributed by atoms with Crippen molar-refractivity contribution in [2.24, 2.45) is 0 Å². The minimum Gasteiger partial charge on any atom is -0.504 e. The Hall–Kier alpha value is -2.40. The van der Waals surface area contributed by atoms with Crippen molar-refractivity contribution >= 4 is 17.6 Å². The maximum Gasteiger partial charge on any atom is 0.317 e. The number of benzene rings is 2. The van der Waals surface area contributed by atoms with Crippen LogP contribution >= 0.6 is 11.6 Å². The smallest absolute Gasteiger partial charge is 0.317 e. The monoisotopic (exact) mass is 348 g/mol. The number of phenols is 1. The zero-order valence-corrected chi connectivity index (χ0v) is 14.5. The molecule has 0 aliphatic heterocycles. The minimum atomic E-state index is -0.156. The van der Waals surface area contributed by atoms with E-state index in [0.717, 1.165) is 17.5 Å². The molecular weight excluding hydrogens is 328 g/mol.